The fraction of sp³-hybridized carbons (Fsp3) is 0.250. The van der Waals surface area contributed by atoms with Crippen LogP contribution in [-0.4, -0.2) is 23.3 Å². The first-order chi connectivity index (χ1) is 10.1. The van der Waals surface area contributed by atoms with Crippen molar-refractivity contribution >= 4 is 23.4 Å². The van der Waals surface area contributed by atoms with Crippen molar-refractivity contribution in [3.63, 3.8) is 0 Å². The van der Waals surface area contributed by atoms with Crippen LogP contribution < -0.4 is 0 Å². The van der Waals surface area contributed by atoms with Crippen molar-refractivity contribution in [1.29, 1.82) is 0 Å². The Bertz CT molecular complexity index is 580. The highest BCUT2D eigenvalue weighted by Crippen LogP contribution is 2.26. The number of ether oxygens (including phenoxy) is 1. The van der Waals surface area contributed by atoms with Gasteiger partial charge in [-0.05, 0) is 18.4 Å². The van der Waals surface area contributed by atoms with E-state index in [1.807, 2.05) is 30.3 Å². The maximum Gasteiger partial charge on any atom is 0.297 e. The van der Waals surface area contributed by atoms with E-state index in [0.29, 0.717) is 13.0 Å². The van der Waals surface area contributed by atoms with Gasteiger partial charge in [-0.1, -0.05) is 48.0 Å². The first-order valence-corrected chi connectivity index (χ1v) is 7.06. The van der Waals surface area contributed by atoms with Crippen LogP contribution in [-0.2, 0) is 20.9 Å². The molecule has 0 saturated heterocycles. The second-order valence-electron chi connectivity index (χ2n) is 4.61. The first kappa shape index (κ1) is 15.3. The van der Waals surface area contributed by atoms with E-state index in [0.717, 1.165) is 16.9 Å². The van der Waals surface area contributed by atoms with E-state index in [1.165, 1.54) is 0 Å². The van der Waals surface area contributed by atoms with Crippen molar-refractivity contribution in [2.24, 2.45) is 0 Å². The molecule has 2 rings (SSSR count). The lowest BCUT2D eigenvalue weighted by atomic mass is 10.2. The number of halogens is 1. The van der Waals surface area contributed by atoms with Crippen LogP contribution in [0.5, 0.6) is 0 Å². The Morgan fingerprint density at radius 2 is 1.90 bits per heavy atom. The number of amides is 2. The summed E-state index contributed by atoms with van der Waals surface area (Å²) < 4.78 is 5.44. The van der Waals surface area contributed by atoms with E-state index < -0.39 is 11.8 Å². The van der Waals surface area contributed by atoms with E-state index in [1.54, 1.807) is 6.08 Å². The van der Waals surface area contributed by atoms with Gasteiger partial charge in [0.2, 0.25) is 5.76 Å². The number of hydrogen-bond donors (Lipinski definition) is 0. The molecule has 1 aliphatic heterocycles. The SMILES string of the molecule is C=CCCCN1C(=O)C(Cl)=C(OCc2ccccc2)C1=O. The van der Waals surface area contributed by atoms with Crippen LogP contribution in [0.1, 0.15) is 18.4 Å². The molecule has 110 valence electrons. The van der Waals surface area contributed by atoms with Crippen molar-refractivity contribution in [3.8, 4) is 0 Å². The van der Waals surface area contributed by atoms with Gasteiger partial charge >= 0.3 is 0 Å². The monoisotopic (exact) mass is 305 g/mol. The molecule has 0 fully saturated rings. The third kappa shape index (κ3) is 3.52. The van der Waals surface area contributed by atoms with Gasteiger partial charge < -0.3 is 4.74 Å². The molecule has 5 heteroatoms. The zero-order chi connectivity index (χ0) is 15.2. The summed E-state index contributed by atoms with van der Waals surface area (Å²) >= 11 is 5.92. The fourth-order valence-electron chi connectivity index (χ4n) is 1.98. The predicted octanol–water partition coefficient (Wildman–Crippen LogP) is 2.99. The van der Waals surface area contributed by atoms with Gasteiger partial charge in [0.15, 0.2) is 5.03 Å². The number of unbranched alkanes of at least 4 members (excludes halogenated alkanes) is 1. The number of carbonyl (C=O) groups excluding carboxylic acids is 2. The maximum absolute atomic E-state index is 12.2. The Morgan fingerprint density at radius 3 is 2.57 bits per heavy atom. The highest BCUT2D eigenvalue weighted by molar-refractivity contribution is 6.47. The topological polar surface area (TPSA) is 46.6 Å². The van der Waals surface area contributed by atoms with Crippen molar-refractivity contribution in [2.75, 3.05) is 6.54 Å². The van der Waals surface area contributed by atoms with Gasteiger partial charge in [0, 0.05) is 6.54 Å². The molecule has 0 N–H and O–H groups in total. The third-order valence-electron chi connectivity index (χ3n) is 3.09. The second kappa shape index (κ2) is 7.09. The Kier molecular flexibility index (Phi) is 5.17. The molecular formula is C16H16ClNO3. The molecule has 1 aromatic rings. The zero-order valence-corrected chi connectivity index (χ0v) is 12.3. The quantitative estimate of drug-likeness (QED) is 0.442. The summed E-state index contributed by atoms with van der Waals surface area (Å²) in [5.74, 6) is -1.03. The van der Waals surface area contributed by atoms with Gasteiger partial charge in [-0.2, -0.15) is 0 Å². The average molecular weight is 306 g/mol. The molecule has 0 aromatic heterocycles. The number of rotatable bonds is 7. The molecule has 0 unspecified atom stereocenters. The summed E-state index contributed by atoms with van der Waals surface area (Å²) in [7, 11) is 0. The first-order valence-electron chi connectivity index (χ1n) is 6.68. The van der Waals surface area contributed by atoms with E-state index >= 15 is 0 Å². The second-order valence-corrected chi connectivity index (χ2v) is 4.99. The third-order valence-corrected chi connectivity index (χ3v) is 3.42. The van der Waals surface area contributed by atoms with Crippen molar-refractivity contribution < 1.29 is 14.3 Å². The van der Waals surface area contributed by atoms with Crippen LogP contribution in [0.3, 0.4) is 0 Å². The lowest BCUT2D eigenvalue weighted by Gasteiger charge is -2.13. The Balaban J connectivity index is 2.00. The summed E-state index contributed by atoms with van der Waals surface area (Å²) in [6.07, 6.45) is 3.14. The Morgan fingerprint density at radius 1 is 1.19 bits per heavy atom. The normalized spacial score (nSPS) is 14.8. The number of benzene rings is 1. The molecule has 0 bridgehead atoms. The molecule has 0 radical (unpaired) electrons. The van der Waals surface area contributed by atoms with Gasteiger partial charge in [-0.3, -0.25) is 14.5 Å². The standard InChI is InChI=1S/C16H16ClNO3/c1-2-3-7-10-18-15(19)13(17)14(16(18)20)21-11-12-8-5-4-6-9-12/h2,4-6,8-9H,1,3,7,10-11H2. The van der Waals surface area contributed by atoms with E-state index in [4.69, 9.17) is 16.3 Å². The molecule has 0 saturated carbocycles. The van der Waals surface area contributed by atoms with Gasteiger partial charge in [0.05, 0.1) is 0 Å². The van der Waals surface area contributed by atoms with Crippen LogP contribution >= 0.6 is 11.6 Å². The molecule has 2 amide bonds. The molecule has 0 aliphatic carbocycles. The fourth-order valence-corrected chi connectivity index (χ4v) is 2.21. The lowest BCUT2D eigenvalue weighted by Crippen LogP contribution is -2.32. The predicted molar refractivity (Wildman–Crippen MR) is 80.3 cm³/mol. The number of allylic oxidation sites excluding steroid dienone is 1. The highest BCUT2D eigenvalue weighted by Gasteiger charge is 2.38. The summed E-state index contributed by atoms with van der Waals surface area (Å²) in [5, 5.41) is -0.144. The van der Waals surface area contributed by atoms with Crippen molar-refractivity contribution in [1.82, 2.24) is 4.90 Å². The minimum absolute atomic E-state index is 0.0656. The summed E-state index contributed by atoms with van der Waals surface area (Å²) in [5.41, 5.74) is 0.903. The van der Waals surface area contributed by atoms with Crippen LogP contribution in [0.2, 0.25) is 0 Å². The smallest absolute Gasteiger partial charge is 0.297 e. The Hall–Kier alpha value is -2.07. The van der Waals surface area contributed by atoms with Crippen LogP contribution in [0, 0.1) is 0 Å². The van der Waals surface area contributed by atoms with E-state index in [2.05, 4.69) is 6.58 Å². The van der Waals surface area contributed by atoms with Crippen LogP contribution in [0.15, 0.2) is 53.8 Å². The highest BCUT2D eigenvalue weighted by atomic mass is 35.5. The molecule has 4 nitrogen and oxygen atoms in total. The Labute approximate surface area is 128 Å². The molecule has 0 spiro atoms. The summed E-state index contributed by atoms with van der Waals surface area (Å²) in [6.45, 7) is 4.12. The van der Waals surface area contributed by atoms with Gasteiger partial charge in [-0.15, -0.1) is 6.58 Å². The van der Waals surface area contributed by atoms with Gasteiger partial charge in [0.1, 0.15) is 6.61 Å². The molecule has 1 aliphatic rings. The van der Waals surface area contributed by atoms with Gasteiger partial charge in [-0.25, -0.2) is 0 Å². The largest absolute Gasteiger partial charge is 0.482 e. The van der Waals surface area contributed by atoms with E-state index in [9.17, 15) is 9.59 Å². The van der Waals surface area contributed by atoms with Crippen LogP contribution in [0.25, 0.3) is 0 Å². The minimum atomic E-state index is -0.492. The number of nitrogens with zero attached hydrogens (tertiary/aromatic N) is 1. The maximum atomic E-state index is 12.2. The van der Waals surface area contributed by atoms with E-state index in [-0.39, 0.29) is 17.4 Å². The molecule has 21 heavy (non-hydrogen) atoms. The number of carbonyl (C=O) groups is 2. The minimum Gasteiger partial charge on any atom is -0.482 e. The number of hydrogen-bond acceptors (Lipinski definition) is 3. The lowest BCUT2D eigenvalue weighted by molar-refractivity contribution is -0.139. The average Bonchev–Trinajstić information content (AvgIpc) is 2.70. The molecular weight excluding hydrogens is 290 g/mol. The summed E-state index contributed by atoms with van der Waals surface area (Å²) in [6, 6.07) is 9.38. The van der Waals surface area contributed by atoms with Crippen molar-refractivity contribution in [2.45, 2.75) is 19.4 Å². The van der Waals surface area contributed by atoms with Gasteiger partial charge in [0.25, 0.3) is 11.8 Å². The molecule has 1 aromatic carbocycles. The molecule has 1 heterocycles. The molecule has 0 atom stereocenters. The number of imide groups is 1. The zero-order valence-electron chi connectivity index (χ0n) is 11.5. The summed E-state index contributed by atoms with van der Waals surface area (Å²) in [4.78, 5) is 25.2. The van der Waals surface area contributed by atoms with Crippen molar-refractivity contribution in [3.05, 3.63) is 59.3 Å². The van der Waals surface area contributed by atoms with Crippen LogP contribution in [0.4, 0.5) is 0 Å².